The number of hydrogen-bond acceptors (Lipinski definition) is 3. The Morgan fingerprint density at radius 3 is 2.23 bits per heavy atom. The maximum Gasteiger partial charge on any atom is 0.495 e. The van der Waals surface area contributed by atoms with Crippen molar-refractivity contribution in [2.24, 2.45) is 0 Å². The van der Waals surface area contributed by atoms with Crippen molar-refractivity contribution in [3.05, 3.63) is 48.3 Å². The van der Waals surface area contributed by atoms with Gasteiger partial charge < -0.3 is 9.31 Å². The zero-order valence-corrected chi connectivity index (χ0v) is 13.9. The van der Waals surface area contributed by atoms with Crippen molar-refractivity contribution in [3.63, 3.8) is 0 Å². The van der Waals surface area contributed by atoms with Gasteiger partial charge in [-0.05, 0) is 57.3 Å². The number of rotatable bonds is 2. The first-order valence-corrected chi connectivity index (χ1v) is 7.67. The van der Waals surface area contributed by atoms with Gasteiger partial charge in [-0.1, -0.05) is 29.8 Å². The Labute approximate surface area is 132 Å². The van der Waals surface area contributed by atoms with Crippen molar-refractivity contribution in [2.45, 2.75) is 45.8 Å². The van der Waals surface area contributed by atoms with Gasteiger partial charge in [0.1, 0.15) is 0 Å². The van der Waals surface area contributed by atoms with Crippen LogP contribution in [0.25, 0.3) is 11.1 Å². The Morgan fingerprint density at radius 2 is 1.64 bits per heavy atom. The zero-order valence-electron chi connectivity index (χ0n) is 13.9. The fourth-order valence-electron chi connectivity index (χ4n) is 2.58. The summed E-state index contributed by atoms with van der Waals surface area (Å²) in [6.45, 7) is 10.4. The van der Waals surface area contributed by atoms with Crippen LogP contribution in [0.1, 0.15) is 33.3 Å². The Kier molecular flexibility index (Phi) is 3.62. The van der Waals surface area contributed by atoms with Crippen LogP contribution in [0, 0.1) is 6.92 Å². The lowest BCUT2D eigenvalue weighted by atomic mass is 9.75. The van der Waals surface area contributed by atoms with Crippen LogP contribution < -0.4 is 5.46 Å². The van der Waals surface area contributed by atoms with Crippen molar-refractivity contribution in [1.82, 2.24) is 4.98 Å². The van der Waals surface area contributed by atoms with E-state index in [0.29, 0.717) is 0 Å². The van der Waals surface area contributed by atoms with Gasteiger partial charge in [-0.2, -0.15) is 0 Å². The molecule has 3 nitrogen and oxygen atoms in total. The van der Waals surface area contributed by atoms with E-state index in [1.165, 1.54) is 5.56 Å². The Bertz CT molecular complexity index is 667. The van der Waals surface area contributed by atoms with Crippen LogP contribution >= 0.6 is 0 Å². The minimum Gasteiger partial charge on any atom is -0.399 e. The third-order valence-corrected chi connectivity index (χ3v) is 4.78. The summed E-state index contributed by atoms with van der Waals surface area (Å²) < 4.78 is 12.4. The quantitative estimate of drug-likeness (QED) is 0.796. The Hall–Kier alpha value is -1.65. The fourth-order valence-corrected chi connectivity index (χ4v) is 2.58. The van der Waals surface area contributed by atoms with Gasteiger partial charge in [0, 0.05) is 12.4 Å². The first-order valence-electron chi connectivity index (χ1n) is 7.67. The van der Waals surface area contributed by atoms with Crippen LogP contribution in [0.15, 0.2) is 42.7 Å². The normalized spacial score (nSPS) is 19.4. The fraction of sp³-hybridized carbons (Fsp3) is 0.389. The average molecular weight is 295 g/mol. The van der Waals surface area contributed by atoms with Crippen molar-refractivity contribution in [2.75, 3.05) is 0 Å². The number of benzene rings is 1. The minimum absolute atomic E-state index is 0.325. The van der Waals surface area contributed by atoms with Gasteiger partial charge in [0.25, 0.3) is 0 Å². The molecular weight excluding hydrogens is 273 g/mol. The second-order valence-corrected chi connectivity index (χ2v) is 6.90. The lowest BCUT2D eigenvalue weighted by Gasteiger charge is -2.32. The van der Waals surface area contributed by atoms with Crippen molar-refractivity contribution < 1.29 is 9.31 Å². The molecule has 0 bridgehead atoms. The van der Waals surface area contributed by atoms with E-state index in [0.717, 1.165) is 16.6 Å². The highest BCUT2D eigenvalue weighted by molar-refractivity contribution is 6.62. The summed E-state index contributed by atoms with van der Waals surface area (Å²) in [5.41, 5.74) is 3.83. The highest BCUT2D eigenvalue weighted by Gasteiger charge is 2.52. The SMILES string of the molecule is Cc1ccc(-c2cccnc2)cc1B1OC(C)(C)C(C)(C)O1. The van der Waals surface area contributed by atoms with E-state index < -0.39 is 0 Å². The lowest BCUT2D eigenvalue weighted by Crippen LogP contribution is -2.41. The summed E-state index contributed by atoms with van der Waals surface area (Å²) in [6, 6.07) is 10.4. The molecule has 1 aliphatic rings. The molecule has 0 amide bonds. The first kappa shape index (κ1) is 15.3. The van der Waals surface area contributed by atoms with Gasteiger partial charge in [-0.15, -0.1) is 0 Å². The van der Waals surface area contributed by atoms with E-state index in [9.17, 15) is 0 Å². The molecule has 0 saturated carbocycles. The average Bonchev–Trinajstić information content (AvgIpc) is 2.69. The highest BCUT2D eigenvalue weighted by Crippen LogP contribution is 2.37. The summed E-state index contributed by atoms with van der Waals surface area (Å²) in [7, 11) is -0.332. The third-order valence-electron chi connectivity index (χ3n) is 4.78. The minimum atomic E-state index is -0.332. The molecule has 1 aromatic heterocycles. The molecule has 2 aromatic rings. The predicted molar refractivity (Wildman–Crippen MR) is 90.1 cm³/mol. The molecule has 0 aliphatic carbocycles. The number of aryl methyl sites for hydroxylation is 1. The zero-order chi connectivity index (χ0) is 16.0. The summed E-state index contributed by atoms with van der Waals surface area (Å²) >= 11 is 0. The molecule has 114 valence electrons. The van der Waals surface area contributed by atoms with Crippen LogP contribution in [0.5, 0.6) is 0 Å². The van der Waals surface area contributed by atoms with Crippen molar-refractivity contribution >= 4 is 12.6 Å². The van der Waals surface area contributed by atoms with Gasteiger partial charge in [-0.25, -0.2) is 0 Å². The summed E-state index contributed by atoms with van der Waals surface area (Å²) in [4.78, 5) is 4.19. The second kappa shape index (κ2) is 5.22. The number of nitrogens with zero attached hydrogens (tertiary/aromatic N) is 1. The molecular formula is C18H22BNO2. The molecule has 1 saturated heterocycles. The van der Waals surface area contributed by atoms with E-state index in [2.05, 4.69) is 63.9 Å². The van der Waals surface area contributed by atoms with Crippen LogP contribution in [0.3, 0.4) is 0 Å². The summed E-state index contributed by atoms with van der Waals surface area (Å²) in [5, 5.41) is 0. The monoisotopic (exact) mass is 295 g/mol. The lowest BCUT2D eigenvalue weighted by molar-refractivity contribution is 0.00578. The molecule has 1 aliphatic heterocycles. The third kappa shape index (κ3) is 2.57. The van der Waals surface area contributed by atoms with E-state index in [1.807, 2.05) is 12.3 Å². The summed E-state index contributed by atoms with van der Waals surface area (Å²) in [6.07, 6.45) is 3.66. The van der Waals surface area contributed by atoms with E-state index in [1.54, 1.807) is 6.20 Å². The molecule has 2 heterocycles. The van der Waals surface area contributed by atoms with E-state index in [4.69, 9.17) is 9.31 Å². The van der Waals surface area contributed by atoms with Crippen LogP contribution in [0.4, 0.5) is 0 Å². The molecule has 4 heteroatoms. The number of aromatic nitrogens is 1. The molecule has 3 rings (SSSR count). The van der Waals surface area contributed by atoms with Gasteiger partial charge >= 0.3 is 7.12 Å². The molecule has 1 aromatic carbocycles. The molecule has 1 fully saturated rings. The molecule has 0 unspecified atom stereocenters. The maximum absolute atomic E-state index is 6.18. The number of pyridine rings is 1. The van der Waals surface area contributed by atoms with Crippen molar-refractivity contribution in [3.8, 4) is 11.1 Å². The standard InChI is InChI=1S/C18H22BNO2/c1-13-8-9-14(15-7-6-10-20-12-15)11-16(13)19-21-17(2,3)18(4,5)22-19/h6-12H,1-5H3. The molecule has 0 N–H and O–H groups in total. The van der Waals surface area contributed by atoms with Gasteiger partial charge in [0.2, 0.25) is 0 Å². The second-order valence-electron chi connectivity index (χ2n) is 6.90. The van der Waals surface area contributed by atoms with Gasteiger partial charge in [-0.3, -0.25) is 4.98 Å². The Morgan fingerprint density at radius 1 is 0.955 bits per heavy atom. The molecule has 0 radical (unpaired) electrons. The van der Waals surface area contributed by atoms with Crippen LogP contribution in [-0.4, -0.2) is 23.3 Å². The smallest absolute Gasteiger partial charge is 0.399 e. The first-order chi connectivity index (χ1) is 10.3. The molecule has 0 spiro atoms. The predicted octanol–water partition coefficient (Wildman–Crippen LogP) is 3.36. The topological polar surface area (TPSA) is 31.4 Å². The summed E-state index contributed by atoms with van der Waals surface area (Å²) in [5.74, 6) is 0. The molecule has 0 atom stereocenters. The number of hydrogen-bond donors (Lipinski definition) is 0. The Balaban J connectivity index is 1.99. The maximum atomic E-state index is 6.18. The largest absolute Gasteiger partial charge is 0.495 e. The van der Waals surface area contributed by atoms with Crippen LogP contribution in [0.2, 0.25) is 0 Å². The van der Waals surface area contributed by atoms with Gasteiger partial charge in [0.15, 0.2) is 0 Å². The molecule has 22 heavy (non-hydrogen) atoms. The highest BCUT2D eigenvalue weighted by atomic mass is 16.7. The van der Waals surface area contributed by atoms with Gasteiger partial charge in [0.05, 0.1) is 11.2 Å². The van der Waals surface area contributed by atoms with Crippen LogP contribution in [-0.2, 0) is 9.31 Å². The van der Waals surface area contributed by atoms with Crippen molar-refractivity contribution in [1.29, 1.82) is 0 Å². The van der Waals surface area contributed by atoms with E-state index >= 15 is 0 Å². The van der Waals surface area contributed by atoms with E-state index in [-0.39, 0.29) is 18.3 Å².